The lowest BCUT2D eigenvalue weighted by molar-refractivity contribution is -0.119. The SMILES string of the molecule is O=C(CN(c1ccccc1Cl)S(=O)(=O)c1ccccc1)NCCOc1ccc(F)cc1. The van der Waals surface area contributed by atoms with Gasteiger partial charge in [0.25, 0.3) is 10.0 Å². The summed E-state index contributed by atoms with van der Waals surface area (Å²) in [6, 6.07) is 19.7. The highest BCUT2D eigenvalue weighted by Gasteiger charge is 2.28. The average molecular weight is 463 g/mol. The van der Waals surface area contributed by atoms with Crippen molar-refractivity contribution in [2.45, 2.75) is 4.90 Å². The number of hydrogen-bond acceptors (Lipinski definition) is 4. The second-order valence-electron chi connectivity index (χ2n) is 6.43. The van der Waals surface area contributed by atoms with Gasteiger partial charge < -0.3 is 10.1 Å². The number of anilines is 1. The van der Waals surface area contributed by atoms with Crippen LogP contribution in [0.1, 0.15) is 0 Å². The highest BCUT2D eigenvalue weighted by atomic mass is 35.5. The van der Waals surface area contributed by atoms with E-state index in [0.29, 0.717) is 5.75 Å². The summed E-state index contributed by atoms with van der Waals surface area (Å²) in [6.07, 6.45) is 0. The molecule has 0 aliphatic carbocycles. The first-order valence-electron chi connectivity index (χ1n) is 9.35. The minimum absolute atomic E-state index is 0.0439. The zero-order chi connectivity index (χ0) is 22.3. The van der Waals surface area contributed by atoms with Crippen LogP contribution < -0.4 is 14.4 Å². The number of para-hydroxylation sites is 1. The molecule has 31 heavy (non-hydrogen) atoms. The Morgan fingerprint density at radius 2 is 1.61 bits per heavy atom. The van der Waals surface area contributed by atoms with Gasteiger partial charge in [-0.3, -0.25) is 9.10 Å². The maximum absolute atomic E-state index is 13.2. The van der Waals surface area contributed by atoms with Gasteiger partial charge in [0, 0.05) is 0 Å². The average Bonchev–Trinajstić information content (AvgIpc) is 2.77. The third-order valence-electron chi connectivity index (χ3n) is 4.25. The number of carbonyl (C=O) groups excluding carboxylic acids is 1. The van der Waals surface area contributed by atoms with Crippen LogP contribution in [0.2, 0.25) is 5.02 Å². The van der Waals surface area contributed by atoms with Crippen molar-refractivity contribution in [2.24, 2.45) is 0 Å². The third kappa shape index (κ3) is 5.96. The smallest absolute Gasteiger partial charge is 0.264 e. The minimum atomic E-state index is -4.03. The second-order valence-corrected chi connectivity index (χ2v) is 8.70. The van der Waals surface area contributed by atoms with Crippen molar-refractivity contribution < 1.29 is 22.3 Å². The Bertz CT molecular complexity index is 1130. The second kappa shape index (κ2) is 10.3. The maximum Gasteiger partial charge on any atom is 0.264 e. The molecule has 0 saturated carbocycles. The number of benzene rings is 3. The molecule has 0 fully saturated rings. The van der Waals surface area contributed by atoms with Crippen molar-refractivity contribution in [3.63, 3.8) is 0 Å². The van der Waals surface area contributed by atoms with Gasteiger partial charge in [-0.2, -0.15) is 0 Å². The fourth-order valence-corrected chi connectivity index (χ4v) is 4.50. The molecule has 6 nitrogen and oxygen atoms in total. The van der Waals surface area contributed by atoms with Crippen LogP contribution in [0.25, 0.3) is 0 Å². The van der Waals surface area contributed by atoms with E-state index in [-0.39, 0.29) is 34.6 Å². The Hall–Kier alpha value is -3.10. The molecule has 0 atom stereocenters. The summed E-state index contributed by atoms with van der Waals surface area (Å²) in [5.74, 6) is -0.443. The third-order valence-corrected chi connectivity index (χ3v) is 6.34. The lowest BCUT2D eigenvalue weighted by atomic mass is 10.3. The molecule has 3 aromatic rings. The van der Waals surface area contributed by atoms with E-state index in [1.165, 1.54) is 42.5 Å². The topological polar surface area (TPSA) is 75.7 Å². The van der Waals surface area contributed by atoms with E-state index in [1.54, 1.807) is 36.4 Å². The van der Waals surface area contributed by atoms with E-state index >= 15 is 0 Å². The van der Waals surface area contributed by atoms with Crippen LogP contribution in [0.15, 0.2) is 83.8 Å². The molecular weight excluding hydrogens is 443 g/mol. The maximum atomic E-state index is 13.2. The van der Waals surface area contributed by atoms with Gasteiger partial charge in [0.2, 0.25) is 5.91 Å². The first kappa shape index (κ1) is 22.6. The van der Waals surface area contributed by atoms with Crippen molar-refractivity contribution in [3.8, 4) is 5.75 Å². The first-order valence-corrected chi connectivity index (χ1v) is 11.2. The molecule has 0 aliphatic rings. The highest BCUT2D eigenvalue weighted by molar-refractivity contribution is 7.92. The van der Waals surface area contributed by atoms with Crippen LogP contribution >= 0.6 is 11.6 Å². The molecule has 1 N–H and O–H groups in total. The van der Waals surface area contributed by atoms with Gasteiger partial charge >= 0.3 is 0 Å². The Kier molecular flexibility index (Phi) is 7.49. The van der Waals surface area contributed by atoms with E-state index in [1.807, 2.05) is 0 Å². The molecule has 3 rings (SSSR count). The van der Waals surface area contributed by atoms with Gasteiger partial charge in [-0.1, -0.05) is 41.9 Å². The summed E-state index contributed by atoms with van der Waals surface area (Å²) >= 11 is 6.22. The molecule has 0 heterocycles. The van der Waals surface area contributed by atoms with Gasteiger partial charge in [0.1, 0.15) is 24.7 Å². The fourth-order valence-electron chi connectivity index (χ4n) is 2.75. The summed E-state index contributed by atoms with van der Waals surface area (Å²) in [5, 5.41) is 2.82. The van der Waals surface area contributed by atoms with Crippen molar-refractivity contribution in [1.29, 1.82) is 0 Å². The molecule has 0 aliphatic heterocycles. The number of nitrogens with one attached hydrogen (secondary N) is 1. The van der Waals surface area contributed by atoms with Gasteiger partial charge in [-0.15, -0.1) is 0 Å². The molecule has 0 spiro atoms. The predicted molar refractivity (Wildman–Crippen MR) is 117 cm³/mol. The van der Waals surface area contributed by atoms with Gasteiger partial charge in [0.05, 0.1) is 22.2 Å². The van der Waals surface area contributed by atoms with Gasteiger partial charge in [-0.25, -0.2) is 12.8 Å². The minimum Gasteiger partial charge on any atom is -0.492 e. The fraction of sp³-hybridized carbons (Fsp3) is 0.136. The molecule has 0 bridgehead atoms. The van der Waals surface area contributed by atoms with E-state index in [2.05, 4.69) is 5.32 Å². The van der Waals surface area contributed by atoms with E-state index in [0.717, 1.165) is 4.31 Å². The molecule has 0 saturated heterocycles. The number of hydrogen-bond donors (Lipinski definition) is 1. The molecule has 0 radical (unpaired) electrons. The van der Waals surface area contributed by atoms with Crippen LogP contribution in [0.3, 0.4) is 0 Å². The van der Waals surface area contributed by atoms with Crippen LogP contribution in [-0.2, 0) is 14.8 Å². The number of nitrogens with zero attached hydrogens (tertiary/aromatic N) is 1. The largest absolute Gasteiger partial charge is 0.492 e. The lowest BCUT2D eigenvalue weighted by Crippen LogP contribution is -2.42. The number of ether oxygens (including phenoxy) is 1. The summed E-state index contributed by atoms with van der Waals surface area (Å²) in [7, 11) is -4.03. The van der Waals surface area contributed by atoms with Crippen LogP contribution in [-0.4, -0.2) is 34.0 Å². The summed E-state index contributed by atoms with van der Waals surface area (Å²) in [6.45, 7) is -0.190. The van der Waals surface area contributed by atoms with Crippen LogP contribution in [0, 0.1) is 5.82 Å². The van der Waals surface area contributed by atoms with Crippen LogP contribution in [0.5, 0.6) is 5.75 Å². The summed E-state index contributed by atoms with van der Waals surface area (Å²) < 4.78 is 45.7. The van der Waals surface area contributed by atoms with Crippen molar-refractivity contribution in [3.05, 3.63) is 89.7 Å². The number of carbonyl (C=O) groups is 1. The zero-order valence-corrected chi connectivity index (χ0v) is 17.9. The standard InChI is InChI=1S/C22H20ClFN2O4S/c23-20-8-4-5-9-21(20)26(31(28,29)19-6-2-1-3-7-19)16-22(27)25-14-15-30-18-12-10-17(24)11-13-18/h1-13H,14-16H2,(H,25,27). The zero-order valence-electron chi connectivity index (χ0n) is 16.4. The first-order chi connectivity index (χ1) is 14.9. The van der Waals surface area contributed by atoms with Crippen molar-refractivity contribution >= 4 is 33.2 Å². The normalized spacial score (nSPS) is 11.0. The molecule has 162 valence electrons. The summed E-state index contributed by atoms with van der Waals surface area (Å²) in [4.78, 5) is 12.6. The number of halogens is 2. The van der Waals surface area contributed by atoms with Gasteiger partial charge in [-0.05, 0) is 48.5 Å². The quantitative estimate of drug-likeness (QED) is 0.490. The molecule has 3 aromatic carbocycles. The molecule has 1 amide bonds. The monoisotopic (exact) mass is 462 g/mol. The van der Waals surface area contributed by atoms with Crippen molar-refractivity contribution in [2.75, 3.05) is 24.0 Å². The van der Waals surface area contributed by atoms with E-state index in [4.69, 9.17) is 16.3 Å². The Balaban J connectivity index is 1.69. The van der Waals surface area contributed by atoms with E-state index in [9.17, 15) is 17.6 Å². The highest BCUT2D eigenvalue weighted by Crippen LogP contribution is 2.30. The van der Waals surface area contributed by atoms with Crippen LogP contribution in [0.4, 0.5) is 10.1 Å². The lowest BCUT2D eigenvalue weighted by Gasteiger charge is -2.25. The molecule has 0 aromatic heterocycles. The Morgan fingerprint density at radius 3 is 2.29 bits per heavy atom. The predicted octanol–water partition coefficient (Wildman–Crippen LogP) is 3.87. The Labute approximate surface area is 185 Å². The molecule has 0 unspecified atom stereocenters. The number of amides is 1. The Morgan fingerprint density at radius 1 is 0.968 bits per heavy atom. The molecule has 9 heteroatoms. The molecular formula is C22H20ClFN2O4S. The van der Waals surface area contributed by atoms with Gasteiger partial charge in [0.15, 0.2) is 0 Å². The number of sulfonamides is 1. The van der Waals surface area contributed by atoms with E-state index < -0.39 is 22.5 Å². The van der Waals surface area contributed by atoms with Crippen molar-refractivity contribution in [1.82, 2.24) is 5.32 Å². The number of rotatable bonds is 9. The summed E-state index contributed by atoms with van der Waals surface area (Å²) in [5.41, 5.74) is 0.200.